The van der Waals surface area contributed by atoms with Crippen molar-refractivity contribution in [2.24, 2.45) is 0 Å². The van der Waals surface area contributed by atoms with E-state index in [4.69, 9.17) is 11.6 Å². The molecule has 2 rings (SSSR count). The van der Waals surface area contributed by atoms with E-state index in [1.54, 1.807) is 4.68 Å². The molecule has 108 valence electrons. The first-order chi connectivity index (χ1) is 9.81. The highest BCUT2D eigenvalue weighted by molar-refractivity contribution is 6.18. The number of tetrazole rings is 1. The van der Waals surface area contributed by atoms with Crippen LogP contribution in [-0.2, 0) is 0 Å². The van der Waals surface area contributed by atoms with Crippen LogP contribution in [0.5, 0.6) is 0 Å². The second-order valence-corrected chi connectivity index (χ2v) is 4.96. The summed E-state index contributed by atoms with van der Waals surface area (Å²) in [6.45, 7) is 5.08. The molecule has 0 amide bonds. The van der Waals surface area contributed by atoms with Gasteiger partial charge in [0, 0.05) is 18.5 Å². The van der Waals surface area contributed by atoms with Gasteiger partial charge in [0.2, 0.25) is 0 Å². The first kappa shape index (κ1) is 14.8. The Morgan fingerprint density at radius 3 is 2.50 bits per heavy atom. The molecule has 1 heterocycles. The van der Waals surface area contributed by atoms with Crippen molar-refractivity contribution in [1.82, 2.24) is 20.2 Å². The molecule has 0 atom stereocenters. The van der Waals surface area contributed by atoms with Crippen molar-refractivity contribution in [3.8, 4) is 5.69 Å². The molecule has 0 aliphatic carbocycles. The number of alkyl halides is 1. The standard InChI is InChI=1S/C14H20ClN5/c1-3-12(4-2)19(11-10-15)14-16-17-18-20(14)13-8-6-5-7-9-13/h5-9,12H,3-4,10-11H2,1-2H3. The van der Waals surface area contributed by atoms with Crippen molar-refractivity contribution < 1.29 is 0 Å². The Bertz CT molecular complexity index is 509. The van der Waals surface area contributed by atoms with Crippen LogP contribution < -0.4 is 4.90 Å². The van der Waals surface area contributed by atoms with Gasteiger partial charge in [-0.3, -0.25) is 0 Å². The molecule has 2 aromatic rings. The molecule has 20 heavy (non-hydrogen) atoms. The maximum Gasteiger partial charge on any atom is 0.250 e. The minimum atomic E-state index is 0.391. The van der Waals surface area contributed by atoms with E-state index in [9.17, 15) is 0 Å². The smallest absolute Gasteiger partial charge is 0.250 e. The molecule has 5 nitrogen and oxygen atoms in total. The van der Waals surface area contributed by atoms with E-state index in [0.717, 1.165) is 31.0 Å². The van der Waals surface area contributed by atoms with E-state index in [-0.39, 0.29) is 0 Å². The normalized spacial score (nSPS) is 11.0. The van der Waals surface area contributed by atoms with Gasteiger partial charge in [-0.15, -0.1) is 11.6 Å². The monoisotopic (exact) mass is 293 g/mol. The Kier molecular flexibility index (Phi) is 5.35. The lowest BCUT2D eigenvalue weighted by molar-refractivity contribution is 0.551. The number of anilines is 1. The Balaban J connectivity index is 2.37. The molecule has 1 aromatic carbocycles. The second-order valence-electron chi connectivity index (χ2n) is 4.58. The van der Waals surface area contributed by atoms with E-state index in [2.05, 4.69) is 34.3 Å². The maximum absolute atomic E-state index is 5.95. The van der Waals surface area contributed by atoms with E-state index in [1.165, 1.54) is 0 Å². The van der Waals surface area contributed by atoms with E-state index >= 15 is 0 Å². The van der Waals surface area contributed by atoms with Crippen molar-refractivity contribution >= 4 is 17.5 Å². The van der Waals surface area contributed by atoms with Crippen LogP contribution in [0, 0.1) is 0 Å². The maximum atomic E-state index is 5.95. The molecule has 0 aliphatic heterocycles. The van der Waals surface area contributed by atoms with E-state index in [1.807, 2.05) is 30.3 Å². The summed E-state index contributed by atoms with van der Waals surface area (Å²) in [5.41, 5.74) is 0.957. The van der Waals surface area contributed by atoms with E-state index < -0.39 is 0 Å². The van der Waals surface area contributed by atoms with Gasteiger partial charge in [0.25, 0.3) is 5.95 Å². The molecule has 0 aliphatic rings. The molecule has 0 saturated heterocycles. The lowest BCUT2D eigenvalue weighted by Gasteiger charge is -2.30. The molecule has 0 N–H and O–H groups in total. The minimum absolute atomic E-state index is 0.391. The van der Waals surface area contributed by atoms with Gasteiger partial charge in [0.05, 0.1) is 5.69 Å². The van der Waals surface area contributed by atoms with Crippen molar-refractivity contribution in [3.63, 3.8) is 0 Å². The SMILES string of the molecule is CCC(CC)N(CCCl)c1nnnn1-c1ccccc1. The minimum Gasteiger partial charge on any atom is -0.335 e. The number of aromatic nitrogens is 4. The van der Waals surface area contributed by atoms with Gasteiger partial charge < -0.3 is 4.90 Å². The average molecular weight is 294 g/mol. The zero-order valence-electron chi connectivity index (χ0n) is 11.9. The zero-order valence-corrected chi connectivity index (χ0v) is 12.7. The van der Waals surface area contributed by atoms with Crippen LogP contribution in [0.3, 0.4) is 0 Å². The van der Waals surface area contributed by atoms with Crippen molar-refractivity contribution in [2.75, 3.05) is 17.3 Å². The summed E-state index contributed by atoms with van der Waals surface area (Å²) in [5, 5.41) is 12.1. The van der Waals surface area contributed by atoms with Gasteiger partial charge in [0.1, 0.15) is 0 Å². The first-order valence-corrected chi connectivity index (χ1v) is 7.51. The predicted molar refractivity (Wildman–Crippen MR) is 81.6 cm³/mol. The van der Waals surface area contributed by atoms with Crippen LogP contribution in [0.15, 0.2) is 30.3 Å². The summed E-state index contributed by atoms with van der Waals surface area (Å²) < 4.78 is 1.77. The van der Waals surface area contributed by atoms with Crippen LogP contribution >= 0.6 is 11.6 Å². The number of rotatable bonds is 7. The Hall–Kier alpha value is -1.62. The fourth-order valence-electron chi connectivity index (χ4n) is 2.36. The molecule has 1 aromatic heterocycles. The van der Waals surface area contributed by atoms with Gasteiger partial charge in [0.15, 0.2) is 0 Å². The summed E-state index contributed by atoms with van der Waals surface area (Å²) in [6, 6.07) is 10.3. The molecular weight excluding hydrogens is 274 g/mol. The number of halogens is 1. The Morgan fingerprint density at radius 1 is 1.20 bits per heavy atom. The van der Waals surface area contributed by atoms with Crippen LogP contribution in [0.2, 0.25) is 0 Å². The van der Waals surface area contributed by atoms with E-state index in [0.29, 0.717) is 11.9 Å². The third-order valence-electron chi connectivity index (χ3n) is 3.42. The van der Waals surface area contributed by atoms with Gasteiger partial charge in [-0.1, -0.05) is 37.1 Å². The van der Waals surface area contributed by atoms with Crippen LogP contribution in [0.1, 0.15) is 26.7 Å². The topological polar surface area (TPSA) is 46.8 Å². The zero-order chi connectivity index (χ0) is 14.4. The lowest BCUT2D eigenvalue weighted by Crippen LogP contribution is -2.38. The fraction of sp³-hybridized carbons (Fsp3) is 0.500. The summed E-state index contributed by atoms with van der Waals surface area (Å²) in [6.07, 6.45) is 2.07. The number of nitrogens with zero attached hydrogens (tertiary/aromatic N) is 5. The highest BCUT2D eigenvalue weighted by Crippen LogP contribution is 2.20. The number of hydrogen-bond acceptors (Lipinski definition) is 4. The number of hydrogen-bond donors (Lipinski definition) is 0. The van der Waals surface area contributed by atoms with Crippen LogP contribution in [0.4, 0.5) is 5.95 Å². The third kappa shape index (κ3) is 3.10. The highest BCUT2D eigenvalue weighted by Gasteiger charge is 2.21. The van der Waals surface area contributed by atoms with Crippen LogP contribution in [0.25, 0.3) is 5.69 Å². The van der Waals surface area contributed by atoms with Crippen molar-refractivity contribution in [1.29, 1.82) is 0 Å². The number of para-hydroxylation sites is 1. The Morgan fingerprint density at radius 2 is 1.90 bits per heavy atom. The van der Waals surface area contributed by atoms with Gasteiger partial charge in [-0.25, -0.2) is 0 Å². The quantitative estimate of drug-likeness (QED) is 0.737. The first-order valence-electron chi connectivity index (χ1n) is 6.98. The molecule has 0 unspecified atom stereocenters. The molecular formula is C14H20ClN5. The molecule has 0 radical (unpaired) electrons. The van der Waals surface area contributed by atoms with Crippen molar-refractivity contribution in [3.05, 3.63) is 30.3 Å². The third-order valence-corrected chi connectivity index (χ3v) is 3.59. The average Bonchev–Trinajstić information content (AvgIpc) is 2.97. The second kappa shape index (κ2) is 7.24. The molecule has 0 fully saturated rings. The summed E-state index contributed by atoms with van der Waals surface area (Å²) >= 11 is 5.95. The lowest BCUT2D eigenvalue weighted by atomic mass is 10.1. The fourth-order valence-corrected chi connectivity index (χ4v) is 2.55. The molecule has 0 spiro atoms. The van der Waals surface area contributed by atoms with Crippen molar-refractivity contribution in [2.45, 2.75) is 32.7 Å². The molecule has 0 bridgehead atoms. The summed E-state index contributed by atoms with van der Waals surface area (Å²) in [5.74, 6) is 1.31. The number of benzene rings is 1. The van der Waals surface area contributed by atoms with Gasteiger partial charge in [-0.05, 0) is 35.4 Å². The van der Waals surface area contributed by atoms with Gasteiger partial charge in [-0.2, -0.15) is 4.68 Å². The largest absolute Gasteiger partial charge is 0.335 e. The van der Waals surface area contributed by atoms with Crippen LogP contribution in [-0.4, -0.2) is 38.7 Å². The molecule has 0 saturated carbocycles. The molecule has 6 heteroatoms. The summed E-state index contributed by atoms with van der Waals surface area (Å²) in [7, 11) is 0. The summed E-state index contributed by atoms with van der Waals surface area (Å²) in [4.78, 5) is 2.19. The predicted octanol–water partition coefficient (Wildman–Crippen LogP) is 2.90. The highest BCUT2D eigenvalue weighted by atomic mass is 35.5. The Labute approximate surface area is 124 Å². The van der Waals surface area contributed by atoms with Gasteiger partial charge >= 0.3 is 0 Å².